The summed E-state index contributed by atoms with van der Waals surface area (Å²) in [5, 5.41) is 22.6. The van der Waals surface area contributed by atoms with Gasteiger partial charge in [-0.3, -0.25) is 14.9 Å². The zero-order valence-corrected chi connectivity index (χ0v) is 18.2. The molecule has 1 N–H and O–H groups in total. The highest BCUT2D eigenvalue weighted by Gasteiger charge is 2.20. The highest BCUT2D eigenvalue weighted by molar-refractivity contribution is 7.99. The number of ether oxygens (including phenoxy) is 1. The molecule has 1 amide bonds. The molecule has 11 heteroatoms. The van der Waals surface area contributed by atoms with Crippen LogP contribution in [0.15, 0.2) is 58.8 Å². The number of nitro groups is 1. The van der Waals surface area contributed by atoms with E-state index in [0.717, 1.165) is 49.3 Å². The average molecular weight is 455 g/mol. The van der Waals surface area contributed by atoms with Crippen molar-refractivity contribution in [2.45, 2.75) is 16.6 Å². The molecule has 1 aliphatic heterocycles. The van der Waals surface area contributed by atoms with E-state index in [1.54, 1.807) is 23.7 Å². The van der Waals surface area contributed by atoms with Crippen LogP contribution in [0.4, 0.5) is 11.4 Å². The van der Waals surface area contributed by atoms with Crippen molar-refractivity contribution in [3.63, 3.8) is 0 Å². The van der Waals surface area contributed by atoms with Crippen molar-refractivity contribution < 1.29 is 14.5 Å². The molecule has 2 aromatic carbocycles. The lowest BCUT2D eigenvalue weighted by molar-refractivity contribution is -0.387. The van der Waals surface area contributed by atoms with Gasteiger partial charge in [0.15, 0.2) is 5.16 Å². The van der Waals surface area contributed by atoms with Crippen LogP contribution in [-0.4, -0.2) is 51.9 Å². The number of morpholine rings is 1. The van der Waals surface area contributed by atoms with E-state index in [-0.39, 0.29) is 17.2 Å². The smallest absolute Gasteiger partial charge is 0.284 e. The zero-order valence-electron chi connectivity index (χ0n) is 17.4. The van der Waals surface area contributed by atoms with Crippen LogP contribution < -0.4 is 10.2 Å². The Morgan fingerprint density at radius 2 is 1.97 bits per heavy atom. The number of rotatable bonds is 7. The monoisotopic (exact) mass is 454 g/mol. The fourth-order valence-corrected chi connectivity index (χ4v) is 4.13. The van der Waals surface area contributed by atoms with Gasteiger partial charge in [-0.2, -0.15) is 0 Å². The van der Waals surface area contributed by atoms with E-state index in [9.17, 15) is 14.9 Å². The topological polar surface area (TPSA) is 115 Å². The maximum absolute atomic E-state index is 12.6. The minimum Gasteiger partial charge on any atom is -0.378 e. The summed E-state index contributed by atoms with van der Waals surface area (Å²) in [6.45, 7) is 3.49. The van der Waals surface area contributed by atoms with E-state index in [1.165, 1.54) is 12.4 Å². The van der Waals surface area contributed by atoms with Gasteiger partial charge >= 0.3 is 0 Å². The van der Waals surface area contributed by atoms with Gasteiger partial charge in [-0.05, 0) is 41.6 Å². The second kappa shape index (κ2) is 9.79. The van der Waals surface area contributed by atoms with Crippen molar-refractivity contribution in [2.75, 3.05) is 31.2 Å². The van der Waals surface area contributed by atoms with Crippen LogP contribution in [0.5, 0.6) is 0 Å². The Balaban J connectivity index is 1.41. The maximum Gasteiger partial charge on any atom is 0.284 e. The third-order valence-electron chi connectivity index (χ3n) is 5.05. The average Bonchev–Trinajstić information content (AvgIpc) is 3.22. The Bertz CT molecular complexity index is 1110. The molecule has 0 atom stereocenters. The molecule has 0 saturated carbocycles. The number of nitrogens with one attached hydrogen (secondary N) is 1. The van der Waals surface area contributed by atoms with Crippen molar-refractivity contribution >= 4 is 29.0 Å². The number of benzene rings is 2. The lowest BCUT2D eigenvalue weighted by Gasteiger charge is -2.28. The highest BCUT2D eigenvalue weighted by atomic mass is 32.2. The lowest BCUT2D eigenvalue weighted by atomic mass is 10.1. The highest BCUT2D eigenvalue weighted by Crippen LogP contribution is 2.34. The number of hydrogen-bond acceptors (Lipinski definition) is 8. The van der Waals surface area contributed by atoms with Crippen molar-refractivity contribution in [1.29, 1.82) is 0 Å². The molecule has 0 radical (unpaired) electrons. The van der Waals surface area contributed by atoms with E-state index in [1.807, 2.05) is 24.3 Å². The molecular weight excluding hydrogens is 432 g/mol. The number of carbonyl (C=O) groups is 1. The summed E-state index contributed by atoms with van der Waals surface area (Å²) in [5.74, 6) is -0.374. The van der Waals surface area contributed by atoms with Crippen LogP contribution in [0.25, 0.3) is 0 Å². The Labute approximate surface area is 188 Å². The van der Waals surface area contributed by atoms with Gasteiger partial charge in [0.1, 0.15) is 6.33 Å². The number of nitrogens with zero attached hydrogens (tertiary/aromatic N) is 5. The molecule has 166 valence electrons. The van der Waals surface area contributed by atoms with Crippen LogP contribution in [-0.2, 0) is 18.3 Å². The van der Waals surface area contributed by atoms with Crippen LogP contribution in [0, 0.1) is 10.1 Å². The number of carbonyl (C=O) groups excluding carboxylic acids is 1. The fourth-order valence-electron chi connectivity index (χ4n) is 3.28. The van der Waals surface area contributed by atoms with Gasteiger partial charge in [-0.15, -0.1) is 10.2 Å². The van der Waals surface area contributed by atoms with Gasteiger partial charge in [0.05, 0.1) is 23.0 Å². The number of amides is 1. The summed E-state index contributed by atoms with van der Waals surface area (Å²) >= 11 is 1.12. The molecule has 0 aliphatic carbocycles. The Morgan fingerprint density at radius 1 is 1.22 bits per heavy atom. The largest absolute Gasteiger partial charge is 0.378 e. The molecule has 0 unspecified atom stereocenters. The molecule has 2 heterocycles. The second-order valence-corrected chi connectivity index (χ2v) is 8.22. The normalized spacial score (nSPS) is 13.7. The van der Waals surface area contributed by atoms with Gasteiger partial charge in [-0.25, -0.2) is 0 Å². The maximum atomic E-state index is 12.6. The number of anilines is 1. The van der Waals surface area contributed by atoms with Crippen molar-refractivity contribution in [2.24, 2.45) is 7.05 Å². The standard InChI is InChI=1S/C21H22N6O4S/c1-25-14-23-24-21(25)32-19-7-4-16(12-18(19)27(29)30)20(28)22-13-15-2-5-17(6-3-15)26-8-10-31-11-9-26/h2-7,12,14H,8-11,13H2,1H3,(H,22,28). The molecule has 1 saturated heterocycles. The van der Waals surface area contributed by atoms with Crippen LogP contribution in [0.2, 0.25) is 0 Å². The zero-order chi connectivity index (χ0) is 22.5. The summed E-state index contributed by atoms with van der Waals surface area (Å²) in [6.07, 6.45) is 1.52. The molecular formula is C21H22N6O4S. The molecule has 1 aliphatic rings. The van der Waals surface area contributed by atoms with Crippen LogP contribution in [0.3, 0.4) is 0 Å². The first-order valence-electron chi connectivity index (χ1n) is 10.0. The lowest BCUT2D eigenvalue weighted by Crippen LogP contribution is -2.36. The predicted molar refractivity (Wildman–Crippen MR) is 119 cm³/mol. The van der Waals surface area contributed by atoms with Crippen molar-refractivity contribution in [3.05, 3.63) is 70.0 Å². The molecule has 3 aromatic rings. The van der Waals surface area contributed by atoms with Gasteiger partial charge < -0.3 is 19.5 Å². The number of aryl methyl sites for hydroxylation is 1. The molecule has 0 spiro atoms. The first-order valence-corrected chi connectivity index (χ1v) is 10.8. The minimum absolute atomic E-state index is 0.152. The third kappa shape index (κ3) is 5.06. The fraction of sp³-hybridized carbons (Fsp3) is 0.286. The number of hydrogen-bond donors (Lipinski definition) is 1. The molecule has 10 nitrogen and oxygen atoms in total. The Hall–Kier alpha value is -3.44. The summed E-state index contributed by atoms with van der Waals surface area (Å²) in [4.78, 5) is 26.3. The van der Waals surface area contributed by atoms with Gasteiger partial charge in [0, 0.05) is 44.0 Å². The van der Waals surface area contributed by atoms with E-state index in [2.05, 4.69) is 20.4 Å². The number of nitro benzene ring substituents is 1. The third-order valence-corrected chi connectivity index (χ3v) is 6.17. The summed E-state index contributed by atoms with van der Waals surface area (Å²) < 4.78 is 7.04. The van der Waals surface area contributed by atoms with Crippen molar-refractivity contribution in [3.8, 4) is 0 Å². The summed E-state index contributed by atoms with van der Waals surface area (Å²) in [7, 11) is 1.75. The van der Waals surface area contributed by atoms with Gasteiger partial charge in [-0.1, -0.05) is 12.1 Å². The molecule has 4 rings (SSSR count). The predicted octanol–water partition coefficient (Wildman–Crippen LogP) is 2.64. The van der Waals surface area contributed by atoms with Crippen LogP contribution in [0.1, 0.15) is 15.9 Å². The van der Waals surface area contributed by atoms with Crippen LogP contribution >= 0.6 is 11.8 Å². The Morgan fingerprint density at radius 3 is 2.62 bits per heavy atom. The summed E-state index contributed by atoms with van der Waals surface area (Å²) in [5.41, 5.74) is 2.14. The van der Waals surface area contributed by atoms with E-state index in [0.29, 0.717) is 16.6 Å². The van der Waals surface area contributed by atoms with E-state index >= 15 is 0 Å². The molecule has 1 aromatic heterocycles. The Kier molecular flexibility index (Phi) is 6.66. The van der Waals surface area contributed by atoms with E-state index < -0.39 is 4.92 Å². The van der Waals surface area contributed by atoms with E-state index in [4.69, 9.17) is 4.74 Å². The number of aromatic nitrogens is 3. The molecule has 0 bridgehead atoms. The van der Waals surface area contributed by atoms with Gasteiger partial charge in [0.25, 0.3) is 11.6 Å². The molecule has 1 fully saturated rings. The molecule has 32 heavy (non-hydrogen) atoms. The van der Waals surface area contributed by atoms with Gasteiger partial charge in [0.2, 0.25) is 0 Å². The second-order valence-electron chi connectivity index (χ2n) is 7.21. The quantitative estimate of drug-likeness (QED) is 0.428. The van der Waals surface area contributed by atoms with Crippen molar-refractivity contribution in [1.82, 2.24) is 20.1 Å². The first kappa shape index (κ1) is 21.8. The summed E-state index contributed by atoms with van der Waals surface area (Å²) in [6, 6.07) is 12.4. The minimum atomic E-state index is -0.500. The first-order chi connectivity index (χ1) is 15.5. The SMILES string of the molecule is Cn1cnnc1Sc1ccc(C(=O)NCc2ccc(N3CCOCC3)cc2)cc1[N+](=O)[O-].